The molecule has 5 nitrogen and oxygen atoms in total. The zero-order chi connectivity index (χ0) is 15.2. The molecule has 1 saturated heterocycles. The van der Waals surface area contributed by atoms with Gasteiger partial charge in [0.2, 0.25) is 11.8 Å². The Kier molecular flexibility index (Phi) is 6.20. The lowest BCUT2D eigenvalue weighted by Gasteiger charge is -2.33. The number of rotatable bonds is 5. The summed E-state index contributed by atoms with van der Waals surface area (Å²) in [6, 6.07) is 0. The maximum absolute atomic E-state index is 12.2. The number of hydrogen-bond acceptors (Lipinski definition) is 3. The molecule has 114 valence electrons. The van der Waals surface area contributed by atoms with Gasteiger partial charge in [0.25, 0.3) is 0 Å². The second-order valence-corrected chi connectivity index (χ2v) is 6.41. The van der Waals surface area contributed by atoms with Crippen LogP contribution >= 0.6 is 0 Å². The van der Waals surface area contributed by atoms with E-state index in [1.54, 1.807) is 6.08 Å². The van der Waals surface area contributed by atoms with Crippen molar-refractivity contribution < 1.29 is 9.59 Å². The first-order valence-corrected chi connectivity index (χ1v) is 7.24. The monoisotopic (exact) mass is 281 g/mol. The van der Waals surface area contributed by atoms with Gasteiger partial charge in [-0.05, 0) is 40.2 Å². The molecule has 1 fully saturated rings. The highest BCUT2D eigenvalue weighted by Gasteiger charge is 2.28. The molecule has 0 radical (unpaired) electrons. The first-order valence-electron chi connectivity index (χ1n) is 7.24. The van der Waals surface area contributed by atoms with E-state index in [0.29, 0.717) is 19.6 Å². The second kappa shape index (κ2) is 7.43. The Bertz CT molecular complexity index is 361. The minimum Gasteiger partial charge on any atom is -0.352 e. The van der Waals surface area contributed by atoms with Crippen molar-refractivity contribution in [2.45, 2.75) is 39.2 Å². The number of nitrogens with one attached hydrogen (secondary N) is 2. The maximum atomic E-state index is 12.2. The van der Waals surface area contributed by atoms with Crippen LogP contribution in [0.3, 0.4) is 0 Å². The van der Waals surface area contributed by atoms with E-state index in [1.807, 2.05) is 20.8 Å². The third-order valence-corrected chi connectivity index (χ3v) is 3.19. The van der Waals surface area contributed by atoms with Gasteiger partial charge in [-0.15, -0.1) is 6.58 Å². The Morgan fingerprint density at radius 2 is 2.10 bits per heavy atom. The van der Waals surface area contributed by atoms with Crippen molar-refractivity contribution in [1.29, 1.82) is 0 Å². The molecule has 20 heavy (non-hydrogen) atoms. The number of piperidine rings is 1. The van der Waals surface area contributed by atoms with Crippen molar-refractivity contribution in [3.63, 3.8) is 0 Å². The SMILES string of the molecule is C=CCNC(=O)CN1CCCC(C(=O)NC(C)(C)C)C1. The van der Waals surface area contributed by atoms with Crippen molar-refractivity contribution in [1.82, 2.24) is 15.5 Å². The van der Waals surface area contributed by atoms with E-state index < -0.39 is 0 Å². The van der Waals surface area contributed by atoms with Crippen LogP contribution < -0.4 is 10.6 Å². The molecule has 0 saturated carbocycles. The molecular formula is C15H27N3O2. The number of nitrogens with zero attached hydrogens (tertiary/aromatic N) is 1. The minimum atomic E-state index is -0.208. The van der Waals surface area contributed by atoms with Crippen LogP contribution in [0.4, 0.5) is 0 Å². The van der Waals surface area contributed by atoms with E-state index in [-0.39, 0.29) is 23.3 Å². The Hall–Kier alpha value is -1.36. The average molecular weight is 281 g/mol. The van der Waals surface area contributed by atoms with Gasteiger partial charge >= 0.3 is 0 Å². The lowest BCUT2D eigenvalue weighted by Crippen LogP contribution is -2.50. The molecule has 1 atom stereocenters. The van der Waals surface area contributed by atoms with Gasteiger partial charge in [-0.25, -0.2) is 0 Å². The van der Waals surface area contributed by atoms with E-state index in [1.165, 1.54) is 0 Å². The van der Waals surface area contributed by atoms with Crippen LogP contribution in [0.15, 0.2) is 12.7 Å². The van der Waals surface area contributed by atoms with Crippen LogP contribution in [0.1, 0.15) is 33.6 Å². The van der Waals surface area contributed by atoms with Crippen LogP contribution in [0, 0.1) is 5.92 Å². The van der Waals surface area contributed by atoms with Crippen molar-refractivity contribution in [3.05, 3.63) is 12.7 Å². The molecule has 0 spiro atoms. The van der Waals surface area contributed by atoms with Gasteiger partial charge in [-0.3, -0.25) is 14.5 Å². The normalized spacial score (nSPS) is 20.2. The summed E-state index contributed by atoms with van der Waals surface area (Å²) >= 11 is 0. The Morgan fingerprint density at radius 3 is 2.70 bits per heavy atom. The topological polar surface area (TPSA) is 61.4 Å². The van der Waals surface area contributed by atoms with Crippen molar-refractivity contribution in [3.8, 4) is 0 Å². The quantitative estimate of drug-likeness (QED) is 0.737. The predicted octanol–water partition coefficient (Wildman–Crippen LogP) is 0.915. The summed E-state index contributed by atoms with van der Waals surface area (Å²) in [5, 5.41) is 5.78. The fraction of sp³-hybridized carbons (Fsp3) is 0.733. The first kappa shape index (κ1) is 16.7. The molecule has 0 aromatic rings. The average Bonchev–Trinajstić information content (AvgIpc) is 2.34. The molecule has 0 aromatic heterocycles. The van der Waals surface area contributed by atoms with Gasteiger partial charge in [0.05, 0.1) is 12.5 Å². The van der Waals surface area contributed by atoms with E-state index in [9.17, 15) is 9.59 Å². The molecule has 1 heterocycles. The van der Waals surface area contributed by atoms with Gasteiger partial charge in [0.15, 0.2) is 0 Å². The van der Waals surface area contributed by atoms with Crippen molar-refractivity contribution in [2.75, 3.05) is 26.2 Å². The standard InChI is InChI=1S/C15H27N3O2/c1-5-8-16-13(19)11-18-9-6-7-12(10-18)14(20)17-15(2,3)4/h5,12H,1,6-11H2,2-4H3,(H,16,19)(H,17,20). The minimum absolute atomic E-state index is 0.0122. The van der Waals surface area contributed by atoms with Gasteiger partial charge in [0, 0.05) is 18.6 Å². The Morgan fingerprint density at radius 1 is 1.40 bits per heavy atom. The van der Waals surface area contributed by atoms with Crippen LogP contribution in [0.5, 0.6) is 0 Å². The second-order valence-electron chi connectivity index (χ2n) is 6.41. The lowest BCUT2D eigenvalue weighted by atomic mass is 9.95. The lowest BCUT2D eigenvalue weighted by molar-refractivity contribution is -0.130. The molecule has 1 unspecified atom stereocenters. The third kappa shape index (κ3) is 6.19. The smallest absolute Gasteiger partial charge is 0.234 e. The molecule has 2 N–H and O–H groups in total. The van der Waals surface area contributed by atoms with E-state index in [4.69, 9.17) is 0 Å². The highest BCUT2D eigenvalue weighted by Crippen LogP contribution is 2.17. The van der Waals surface area contributed by atoms with Gasteiger partial charge in [-0.2, -0.15) is 0 Å². The number of hydrogen-bond donors (Lipinski definition) is 2. The molecule has 0 aliphatic carbocycles. The van der Waals surface area contributed by atoms with E-state index in [2.05, 4.69) is 22.1 Å². The molecule has 0 aromatic carbocycles. The zero-order valence-corrected chi connectivity index (χ0v) is 12.9. The van der Waals surface area contributed by atoms with Crippen LogP contribution in [-0.2, 0) is 9.59 Å². The molecule has 2 amide bonds. The first-order chi connectivity index (χ1) is 9.31. The Balaban J connectivity index is 2.44. The zero-order valence-electron chi connectivity index (χ0n) is 12.9. The summed E-state index contributed by atoms with van der Waals surface area (Å²) in [5.74, 6) is 0.0608. The van der Waals surface area contributed by atoms with Gasteiger partial charge in [0.1, 0.15) is 0 Å². The summed E-state index contributed by atoms with van der Waals surface area (Å²) in [6.07, 6.45) is 3.51. The summed E-state index contributed by atoms with van der Waals surface area (Å²) in [4.78, 5) is 25.9. The summed E-state index contributed by atoms with van der Waals surface area (Å²) < 4.78 is 0. The summed E-state index contributed by atoms with van der Waals surface area (Å²) in [5.41, 5.74) is -0.208. The predicted molar refractivity (Wildman–Crippen MR) is 80.3 cm³/mol. The largest absolute Gasteiger partial charge is 0.352 e. The van der Waals surface area contributed by atoms with Gasteiger partial charge in [-0.1, -0.05) is 6.08 Å². The van der Waals surface area contributed by atoms with Crippen LogP contribution in [-0.4, -0.2) is 48.4 Å². The fourth-order valence-corrected chi connectivity index (χ4v) is 2.33. The number of likely N-dealkylation sites (tertiary alicyclic amines) is 1. The number of carbonyl (C=O) groups is 2. The fourth-order valence-electron chi connectivity index (χ4n) is 2.33. The highest BCUT2D eigenvalue weighted by molar-refractivity contribution is 5.80. The third-order valence-electron chi connectivity index (χ3n) is 3.19. The van der Waals surface area contributed by atoms with Crippen molar-refractivity contribution >= 4 is 11.8 Å². The molecule has 0 bridgehead atoms. The van der Waals surface area contributed by atoms with E-state index in [0.717, 1.165) is 19.4 Å². The van der Waals surface area contributed by atoms with Crippen LogP contribution in [0.2, 0.25) is 0 Å². The van der Waals surface area contributed by atoms with Gasteiger partial charge < -0.3 is 10.6 Å². The summed E-state index contributed by atoms with van der Waals surface area (Å²) in [6.45, 7) is 11.9. The van der Waals surface area contributed by atoms with Crippen LogP contribution in [0.25, 0.3) is 0 Å². The molecule has 5 heteroatoms. The Labute approximate surface area is 121 Å². The molecule has 1 rings (SSSR count). The molecule has 1 aliphatic rings. The summed E-state index contributed by atoms with van der Waals surface area (Å²) in [7, 11) is 0. The molecular weight excluding hydrogens is 254 g/mol. The van der Waals surface area contributed by atoms with E-state index >= 15 is 0 Å². The van der Waals surface area contributed by atoms with Crippen molar-refractivity contribution in [2.24, 2.45) is 5.92 Å². The highest BCUT2D eigenvalue weighted by atomic mass is 16.2. The number of amides is 2. The molecule has 1 aliphatic heterocycles. The number of carbonyl (C=O) groups excluding carboxylic acids is 2. The maximum Gasteiger partial charge on any atom is 0.234 e.